The third-order valence-corrected chi connectivity index (χ3v) is 7.79. The second-order valence-corrected chi connectivity index (χ2v) is 10.6. The van der Waals surface area contributed by atoms with Crippen molar-refractivity contribution in [2.24, 2.45) is 5.16 Å². The Kier molecular flexibility index (Phi) is 7.44. The normalized spacial score (nSPS) is 19.7. The summed E-state index contributed by atoms with van der Waals surface area (Å²) in [6.45, 7) is 4.44. The summed E-state index contributed by atoms with van der Waals surface area (Å²) in [5, 5.41) is 18.3. The highest BCUT2D eigenvalue weighted by atomic mass is 16.5. The smallest absolute Gasteiger partial charge is 0.323 e. The highest BCUT2D eigenvalue weighted by Gasteiger charge is 2.48. The van der Waals surface area contributed by atoms with Crippen LogP contribution in [0.15, 0.2) is 54.2 Å². The van der Waals surface area contributed by atoms with E-state index in [0.717, 1.165) is 16.9 Å². The Hall–Kier alpha value is -5.71. The predicted molar refractivity (Wildman–Crippen MR) is 157 cm³/mol. The Balaban J connectivity index is 1.22. The van der Waals surface area contributed by atoms with Gasteiger partial charge in [0.05, 0.1) is 19.9 Å². The fraction of sp³-hybridized carbons (Fsp3) is 0.300. The predicted octanol–water partition coefficient (Wildman–Crippen LogP) is 0.732. The molecule has 14 nitrogen and oxygen atoms in total. The number of anilines is 1. The van der Waals surface area contributed by atoms with Gasteiger partial charge in [-0.05, 0) is 30.5 Å². The summed E-state index contributed by atoms with van der Waals surface area (Å²) >= 11 is 0. The lowest BCUT2D eigenvalue weighted by Gasteiger charge is -2.36. The van der Waals surface area contributed by atoms with Gasteiger partial charge in [0.1, 0.15) is 5.82 Å². The van der Waals surface area contributed by atoms with Crippen LogP contribution >= 0.6 is 0 Å². The van der Waals surface area contributed by atoms with E-state index < -0.39 is 17.5 Å². The number of hydrogen-bond donors (Lipinski definition) is 3. The number of rotatable bonds is 5. The van der Waals surface area contributed by atoms with Gasteiger partial charge in [0.25, 0.3) is 11.8 Å². The van der Waals surface area contributed by atoms with Crippen LogP contribution in [0.4, 0.5) is 10.6 Å². The van der Waals surface area contributed by atoms with Gasteiger partial charge in [-0.1, -0.05) is 28.8 Å². The number of methoxy groups -OCH3 is 1. The van der Waals surface area contributed by atoms with E-state index in [0.29, 0.717) is 43.1 Å². The number of carbonyl (C=O) groups excluding carboxylic acids is 3. The maximum absolute atomic E-state index is 13.1. The van der Waals surface area contributed by atoms with Gasteiger partial charge in [-0.25, -0.2) is 14.8 Å². The average Bonchev–Trinajstić information content (AvgIpc) is 3.50. The molecule has 44 heavy (non-hydrogen) atoms. The summed E-state index contributed by atoms with van der Waals surface area (Å²) in [6, 6.07) is 6.55. The zero-order valence-corrected chi connectivity index (χ0v) is 24.1. The lowest BCUT2D eigenvalue weighted by atomic mass is 9.99. The van der Waals surface area contributed by atoms with Gasteiger partial charge in [-0.15, -0.1) is 0 Å². The number of carbonyl (C=O) groups is 3. The van der Waals surface area contributed by atoms with Gasteiger partial charge >= 0.3 is 6.03 Å². The van der Waals surface area contributed by atoms with Crippen molar-refractivity contribution in [2.75, 3.05) is 44.7 Å². The molecule has 0 spiro atoms. The van der Waals surface area contributed by atoms with Crippen molar-refractivity contribution in [2.45, 2.75) is 19.0 Å². The first-order valence-electron chi connectivity index (χ1n) is 13.9. The van der Waals surface area contributed by atoms with Gasteiger partial charge < -0.3 is 30.0 Å². The molecule has 0 aliphatic carbocycles. The van der Waals surface area contributed by atoms with E-state index in [-0.39, 0.29) is 30.4 Å². The Morgan fingerprint density at radius 2 is 1.93 bits per heavy atom. The van der Waals surface area contributed by atoms with Crippen LogP contribution in [0, 0.1) is 18.8 Å². The minimum Gasteiger partial charge on any atom is -0.494 e. The maximum atomic E-state index is 13.1. The molecule has 4 amide bonds. The molecule has 2 saturated heterocycles. The lowest BCUT2D eigenvalue weighted by Crippen LogP contribution is -2.54. The number of urea groups is 1. The Labute approximate surface area is 252 Å². The van der Waals surface area contributed by atoms with E-state index in [4.69, 9.17) is 4.74 Å². The molecule has 3 aromatic rings. The highest BCUT2D eigenvalue weighted by molar-refractivity contribution is 6.10. The summed E-state index contributed by atoms with van der Waals surface area (Å²) in [4.78, 5) is 56.8. The van der Waals surface area contributed by atoms with Crippen LogP contribution in [0.25, 0.3) is 0 Å². The number of hydrogen-bond acceptors (Lipinski definition) is 10. The van der Waals surface area contributed by atoms with Gasteiger partial charge in [0.2, 0.25) is 5.54 Å². The number of aromatic nitrogens is 3. The second kappa shape index (κ2) is 11.5. The van der Waals surface area contributed by atoms with E-state index >= 15 is 0 Å². The number of imide groups is 1. The quantitative estimate of drug-likeness (QED) is 0.0956. The van der Waals surface area contributed by atoms with Crippen molar-refractivity contribution in [1.82, 2.24) is 35.4 Å². The summed E-state index contributed by atoms with van der Waals surface area (Å²) < 4.78 is 5.55. The first kappa shape index (κ1) is 28.4. The number of fused-ring (bicyclic) bond motifs is 1. The minimum atomic E-state index is -1.70. The molecule has 3 N–H and O–H groups in total. The van der Waals surface area contributed by atoms with Crippen molar-refractivity contribution in [3.05, 3.63) is 77.0 Å². The van der Waals surface area contributed by atoms with Crippen molar-refractivity contribution < 1.29 is 24.3 Å². The van der Waals surface area contributed by atoms with E-state index in [1.165, 1.54) is 18.2 Å². The van der Waals surface area contributed by atoms with Crippen LogP contribution in [0.5, 0.6) is 5.75 Å². The zero-order valence-electron chi connectivity index (χ0n) is 24.1. The molecule has 2 fully saturated rings. The average molecular weight is 596 g/mol. The largest absolute Gasteiger partial charge is 0.494 e. The summed E-state index contributed by atoms with van der Waals surface area (Å²) in [5.74, 6) is 6.19. The Morgan fingerprint density at radius 1 is 1.11 bits per heavy atom. The maximum Gasteiger partial charge on any atom is 0.323 e. The first-order valence-corrected chi connectivity index (χ1v) is 13.9. The van der Waals surface area contributed by atoms with Crippen LogP contribution in [0.1, 0.15) is 32.7 Å². The molecular formula is C30H29N9O5. The molecule has 1 aromatic carbocycles. The highest BCUT2D eigenvalue weighted by Crippen LogP contribution is 2.27. The second-order valence-electron chi connectivity index (χ2n) is 10.6. The SMILES string of the molecule is COc1cc(/C(=N\O)N2CCN(c3cnccn3)CC2)cnc1C#C[C@]1(CN2Cc3ccc(C)cc3C2=O)NC(=O)NC1=O. The molecule has 6 rings (SSSR count). The standard InChI is InChI=1S/C30H29N9O5/c1-19-3-4-20-17-39(27(40)22(20)13-19)18-30(28(41)34-29(42)35-30)6-5-23-24(44-2)14-21(15-33-23)26(36-43)38-11-9-37(10-12-38)25-16-31-7-8-32-25/h3-4,7-8,13-16,43H,9-12,17-18H2,1-2H3,(H2,34,35,41,42)/b36-26+/t30-/m1/s1. The fourth-order valence-corrected chi connectivity index (χ4v) is 5.51. The Bertz CT molecular complexity index is 1730. The first-order chi connectivity index (χ1) is 21.3. The molecule has 0 bridgehead atoms. The molecular weight excluding hydrogens is 566 g/mol. The van der Waals surface area contributed by atoms with Crippen LogP contribution in [-0.2, 0) is 11.3 Å². The van der Waals surface area contributed by atoms with Crippen molar-refractivity contribution >= 4 is 29.5 Å². The topological polar surface area (TPSA) is 165 Å². The number of benzene rings is 1. The number of nitrogens with zero attached hydrogens (tertiary/aromatic N) is 7. The molecule has 1 atom stereocenters. The summed E-state index contributed by atoms with van der Waals surface area (Å²) in [5.41, 5.74) is 1.34. The van der Waals surface area contributed by atoms with Crippen LogP contribution in [-0.4, -0.2) is 99.0 Å². The molecule has 224 valence electrons. The van der Waals surface area contributed by atoms with Crippen molar-refractivity contribution in [3.8, 4) is 17.6 Å². The number of oxime groups is 1. The minimum absolute atomic E-state index is 0.160. The van der Waals surface area contributed by atoms with Crippen molar-refractivity contribution in [1.29, 1.82) is 0 Å². The van der Waals surface area contributed by atoms with Gasteiger partial charge in [-0.3, -0.25) is 19.9 Å². The molecule has 2 aromatic heterocycles. The Morgan fingerprint density at radius 3 is 2.61 bits per heavy atom. The number of nitrogens with one attached hydrogen (secondary N) is 2. The summed E-state index contributed by atoms with van der Waals surface area (Å²) in [6.07, 6.45) is 6.47. The molecule has 5 heterocycles. The molecule has 14 heteroatoms. The number of pyridine rings is 1. The number of ether oxygens (including phenoxy) is 1. The molecule has 0 unspecified atom stereocenters. The molecule has 3 aliphatic rings. The zero-order chi connectivity index (χ0) is 30.8. The monoisotopic (exact) mass is 595 g/mol. The third kappa shape index (κ3) is 5.31. The number of aryl methyl sites for hydroxylation is 1. The molecule has 0 radical (unpaired) electrons. The number of piperazine rings is 1. The number of amides is 4. The van der Waals surface area contributed by atoms with E-state index in [1.807, 2.05) is 30.0 Å². The fourth-order valence-electron chi connectivity index (χ4n) is 5.51. The van der Waals surface area contributed by atoms with E-state index in [2.05, 4.69) is 47.5 Å². The van der Waals surface area contributed by atoms with Crippen LogP contribution < -0.4 is 20.3 Å². The van der Waals surface area contributed by atoms with Gasteiger partial charge in [-0.2, -0.15) is 0 Å². The molecule has 3 aliphatic heterocycles. The van der Waals surface area contributed by atoms with Crippen LogP contribution in [0.2, 0.25) is 0 Å². The number of amidine groups is 1. The van der Waals surface area contributed by atoms with Crippen molar-refractivity contribution in [3.63, 3.8) is 0 Å². The van der Waals surface area contributed by atoms with E-state index in [1.54, 1.807) is 24.7 Å². The third-order valence-electron chi connectivity index (χ3n) is 7.79. The van der Waals surface area contributed by atoms with E-state index in [9.17, 15) is 19.6 Å². The van der Waals surface area contributed by atoms with Gasteiger partial charge in [0.15, 0.2) is 17.3 Å². The summed E-state index contributed by atoms with van der Waals surface area (Å²) in [7, 11) is 1.45. The lowest BCUT2D eigenvalue weighted by molar-refractivity contribution is -0.122. The van der Waals surface area contributed by atoms with Gasteiger partial charge in [0, 0.05) is 62.4 Å². The molecule has 0 saturated carbocycles. The van der Waals surface area contributed by atoms with Crippen LogP contribution in [0.3, 0.4) is 0 Å².